The number of hydroxylamine groups is 2. The third kappa shape index (κ3) is 8.31. The maximum absolute atomic E-state index is 12.9. The molecule has 0 aromatic heterocycles. The first-order chi connectivity index (χ1) is 22.7. The molecule has 1 unspecified atom stereocenters. The van der Waals surface area contributed by atoms with Crippen LogP contribution in [0.2, 0.25) is 0 Å². The van der Waals surface area contributed by atoms with Crippen LogP contribution >= 0.6 is 0 Å². The Morgan fingerprint density at radius 1 is 1.14 bits per heavy atom. The van der Waals surface area contributed by atoms with Crippen molar-refractivity contribution in [3.63, 3.8) is 0 Å². The van der Waals surface area contributed by atoms with E-state index in [4.69, 9.17) is 14.7 Å². The first-order valence-electron chi connectivity index (χ1n) is 16.4. The summed E-state index contributed by atoms with van der Waals surface area (Å²) in [6.07, 6.45) is 11.4. The van der Waals surface area contributed by atoms with Gasteiger partial charge in [0.1, 0.15) is 17.4 Å². The number of likely N-dealkylation sites (N-methyl/N-ethyl adjacent to an activating group) is 1. The first-order valence-corrected chi connectivity index (χ1v) is 16.4. The highest BCUT2D eigenvalue weighted by Crippen LogP contribution is 2.54. The molecule has 2 rings (SSSR count). The Balaban J connectivity index is 1.94. The number of nitrogens with zero attached hydrogens (tertiary/aromatic N) is 1. The van der Waals surface area contributed by atoms with Crippen LogP contribution < -0.4 is 10.5 Å². The number of carbonyl (C=O) groups excluding carboxylic acids is 3. The van der Waals surface area contributed by atoms with Crippen molar-refractivity contribution >= 4 is 17.8 Å². The molecule has 9 atom stereocenters. The summed E-state index contributed by atoms with van der Waals surface area (Å²) in [5, 5.41) is 55.5. The second kappa shape index (κ2) is 17.0. The molecular weight excluding hydrogens is 634 g/mol. The molecule has 2 aliphatic heterocycles. The number of allylic oxidation sites excluding steroid dienone is 9. The van der Waals surface area contributed by atoms with Crippen LogP contribution in [0.4, 0.5) is 0 Å². The molecule has 0 bridgehead atoms. The predicted octanol–water partition coefficient (Wildman–Crippen LogP) is 1.65. The van der Waals surface area contributed by atoms with Crippen LogP contribution in [0.5, 0.6) is 0 Å². The van der Waals surface area contributed by atoms with Gasteiger partial charge in [-0.05, 0) is 52.5 Å². The molecule has 2 saturated heterocycles. The average molecular weight is 690 g/mol. The molecule has 13 heteroatoms. The summed E-state index contributed by atoms with van der Waals surface area (Å²) >= 11 is 0. The zero-order valence-corrected chi connectivity index (χ0v) is 30.3. The van der Waals surface area contributed by atoms with Gasteiger partial charge in [-0.2, -0.15) is 5.23 Å². The molecule has 274 valence electrons. The lowest BCUT2D eigenvalue weighted by atomic mass is 9.65. The van der Waals surface area contributed by atoms with Gasteiger partial charge >= 0.3 is 5.97 Å². The van der Waals surface area contributed by atoms with Crippen LogP contribution in [-0.2, 0) is 23.9 Å². The van der Waals surface area contributed by atoms with Crippen LogP contribution in [0.3, 0.4) is 0 Å². The maximum atomic E-state index is 12.9. The number of ether oxygens (including phenoxy) is 2. The lowest BCUT2D eigenvalue weighted by Gasteiger charge is -2.55. The SMILES string of the molecule is CO[C@@H](C[C@H](C)[C@@H](O)/C=C/C=C/CNC(=O)C(C)(C)[C@H](O)\C(C)=C/C=C\C=C\C(C)=C(/C)[NH+]([O-])O)[C@]1(O)[C@H](C)C(=O)N(C)[C@@]12C(=O)O[C@H]2C. The molecule has 2 heterocycles. The van der Waals surface area contributed by atoms with Crippen molar-refractivity contribution in [2.24, 2.45) is 17.3 Å². The van der Waals surface area contributed by atoms with Gasteiger partial charge in [-0.25, -0.2) is 10.0 Å². The van der Waals surface area contributed by atoms with E-state index in [1.54, 1.807) is 103 Å². The number of hydrogen-bond donors (Lipinski definition) is 6. The van der Waals surface area contributed by atoms with Gasteiger partial charge in [0.25, 0.3) is 0 Å². The van der Waals surface area contributed by atoms with Crippen molar-refractivity contribution in [3.8, 4) is 0 Å². The van der Waals surface area contributed by atoms with Crippen LogP contribution in [0.25, 0.3) is 0 Å². The Labute approximate surface area is 289 Å². The largest absolute Gasteiger partial charge is 0.595 e. The Morgan fingerprint density at radius 2 is 1.78 bits per heavy atom. The minimum Gasteiger partial charge on any atom is -0.595 e. The van der Waals surface area contributed by atoms with Crippen molar-refractivity contribution < 1.29 is 49.6 Å². The summed E-state index contributed by atoms with van der Waals surface area (Å²) in [5.74, 6) is -2.80. The van der Waals surface area contributed by atoms with Gasteiger partial charge in [-0.1, -0.05) is 68.5 Å². The van der Waals surface area contributed by atoms with E-state index in [2.05, 4.69) is 5.32 Å². The molecule has 2 fully saturated rings. The van der Waals surface area contributed by atoms with E-state index >= 15 is 0 Å². The number of aliphatic hydroxyl groups excluding tert-OH is 2. The molecule has 0 aliphatic carbocycles. The van der Waals surface area contributed by atoms with Gasteiger partial charge in [0.05, 0.1) is 29.6 Å². The van der Waals surface area contributed by atoms with Gasteiger partial charge in [0, 0.05) is 33.2 Å². The number of esters is 1. The molecular formula is C36H55N3O10. The Kier molecular flexibility index (Phi) is 14.5. The molecule has 2 amide bonds. The Bertz CT molecular complexity index is 1400. The smallest absolute Gasteiger partial charge is 0.339 e. The Hall–Kier alpha value is -3.43. The number of rotatable bonds is 16. The third-order valence-corrected chi connectivity index (χ3v) is 10.1. The summed E-state index contributed by atoms with van der Waals surface area (Å²) < 4.78 is 10.9. The van der Waals surface area contributed by atoms with Crippen molar-refractivity contribution in [2.45, 2.75) is 97.4 Å². The van der Waals surface area contributed by atoms with E-state index in [1.165, 1.54) is 26.0 Å². The van der Waals surface area contributed by atoms with Crippen LogP contribution in [0.15, 0.2) is 71.5 Å². The van der Waals surface area contributed by atoms with Crippen LogP contribution in [0.1, 0.15) is 61.8 Å². The molecule has 2 aliphatic rings. The second-order valence-electron chi connectivity index (χ2n) is 13.6. The molecule has 49 heavy (non-hydrogen) atoms. The normalized spacial score (nSPS) is 28.7. The molecule has 0 radical (unpaired) electrons. The summed E-state index contributed by atoms with van der Waals surface area (Å²) in [6, 6.07) is 0. The van der Waals surface area contributed by atoms with Gasteiger partial charge < -0.3 is 40.2 Å². The number of quaternary nitrogens is 1. The van der Waals surface area contributed by atoms with Crippen molar-refractivity contribution in [1.29, 1.82) is 0 Å². The summed E-state index contributed by atoms with van der Waals surface area (Å²) in [7, 11) is 2.87. The highest BCUT2D eigenvalue weighted by atomic mass is 16.8. The van der Waals surface area contributed by atoms with Gasteiger partial charge in [0.15, 0.2) is 0 Å². The second-order valence-corrected chi connectivity index (χ2v) is 13.6. The van der Waals surface area contributed by atoms with Gasteiger partial charge in [-0.3, -0.25) is 9.59 Å². The number of hydrogen-bond acceptors (Lipinski definition) is 10. The molecule has 0 saturated carbocycles. The monoisotopic (exact) mass is 689 g/mol. The minimum atomic E-state index is -1.87. The topological polar surface area (TPSA) is 193 Å². The zero-order valence-electron chi connectivity index (χ0n) is 30.3. The number of aliphatic hydroxyl groups is 3. The van der Waals surface area contributed by atoms with Crippen molar-refractivity contribution in [2.75, 3.05) is 20.7 Å². The summed E-state index contributed by atoms with van der Waals surface area (Å²) in [5.41, 5.74) is -3.14. The summed E-state index contributed by atoms with van der Waals surface area (Å²) in [6.45, 7) is 13.4. The number of amides is 2. The van der Waals surface area contributed by atoms with Crippen molar-refractivity contribution in [3.05, 3.63) is 76.7 Å². The van der Waals surface area contributed by atoms with Crippen LogP contribution in [0, 0.1) is 22.5 Å². The fourth-order valence-corrected chi connectivity index (χ4v) is 6.49. The maximum Gasteiger partial charge on any atom is 0.339 e. The van der Waals surface area contributed by atoms with E-state index in [1.807, 2.05) is 0 Å². The van der Waals surface area contributed by atoms with E-state index in [9.17, 15) is 34.9 Å². The highest BCUT2D eigenvalue weighted by Gasteiger charge is 2.80. The number of nitrogens with one attached hydrogen (secondary N) is 2. The Morgan fingerprint density at radius 3 is 2.33 bits per heavy atom. The van der Waals surface area contributed by atoms with Crippen LogP contribution in [-0.4, -0.2) is 99.5 Å². The van der Waals surface area contributed by atoms with Gasteiger partial charge in [-0.15, -0.1) is 0 Å². The van der Waals surface area contributed by atoms with E-state index < -0.39 is 64.0 Å². The fraction of sp³-hybridized carbons (Fsp3) is 0.583. The van der Waals surface area contributed by atoms with Crippen molar-refractivity contribution in [1.82, 2.24) is 10.2 Å². The summed E-state index contributed by atoms with van der Waals surface area (Å²) in [4.78, 5) is 39.8. The van der Waals surface area contributed by atoms with Gasteiger partial charge in [0.2, 0.25) is 17.4 Å². The van der Waals surface area contributed by atoms with E-state index in [0.29, 0.717) is 11.1 Å². The average Bonchev–Trinajstić information content (AvgIpc) is 3.22. The molecule has 1 spiro atoms. The number of likely N-dealkylation sites (tertiary alicyclic amines) is 1. The molecule has 13 nitrogen and oxygen atoms in total. The lowest BCUT2D eigenvalue weighted by molar-refractivity contribution is -1.01. The molecule has 0 aromatic rings. The third-order valence-electron chi connectivity index (χ3n) is 10.1. The fourth-order valence-electron chi connectivity index (χ4n) is 6.49. The number of methoxy groups -OCH3 is 1. The molecule has 6 N–H and O–H groups in total. The lowest BCUT2D eigenvalue weighted by Crippen LogP contribution is -3.02. The minimum absolute atomic E-state index is 0.146. The standard InChI is InChI=1S/C36H55N3O10/c1-22(26(5)39(46)47)17-13-11-14-18-23(2)30(41)34(7,8)32(43)37-20-16-12-15-19-28(40)24(3)21-29(48-10)36(45)25(4)31(42)38(9)35(36)27(6)49-33(35)44/h11-19,24-25,27-30,39-41,45-46H,20-21H2,1-10H3,(H,37,43)/b14-11-,16-12+,17-13+,19-15+,23-18-,26-22+/t24-,25+,27-,28-,29-,30+,35-,36+/m0/s1. The quantitative estimate of drug-likeness (QED) is 0.0789. The zero-order chi connectivity index (χ0) is 37.5. The predicted molar refractivity (Wildman–Crippen MR) is 183 cm³/mol. The molecule has 0 aromatic carbocycles. The first kappa shape index (κ1) is 41.7. The van der Waals surface area contributed by atoms with E-state index in [-0.39, 0.29) is 30.5 Å². The number of cyclic esters (lactones) is 1. The highest BCUT2D eigenvalue weighted by molar-refractivity contribution is 5.99. The van der Waals surface area contributed by atoms with E-state index in [0.717, 1.165) is 0 Å². The number of carbonyl (C=O) groups is 3.